The molecule has 1 fully saturated rings. The second-order valence-electron chi connectivity index (χ2n) is 6.32. The number of hydrogen-bond donors (Lipinski definition) is 1. The van der Waals surface area contributed by atoms with Gasteiger partial charge in [-0.05, 0) is 24.0 Å². The molecule has 1 aromatic carbocycles. The fourth-order valence-corrected chi connectivity index (χ4v) is 3.80. The highest BCUT2D eigenvalue weighted by Gasteiger charge is 2.28. The highest BCUT2D eigenvalue weighted by atomic mass is 15.3. The molecule has 1 atom stereocenters. The number of fused-ring (bicyclic) bond motifs is 1. The molecule has 2 aliphatic rings. The monoisotopic (exact) mass is 282 g/mol. The number of benzene rings is 1. The minimum absolute atomic E-state index is 0.322. The van der Waals surface area contributed by atoms with Crippen LogP contribution in [0.25, 0.3) is 0 Å². The van der Waals surface area contributed by atoms with E-state index in [4.69, 9.17) is 10.1 Å². The highest BCUT2D eigenvalue weighted by molar-refractivity contribution is 5.36. The number of nitrogens with one attached hydrogen (secondary N) is 1. The van der Waals surface area contributed by atoms with E-state index in [0.717, 1.165) is 24.7 Å². The third-order valence-electron chi connectivity index (χ3n) is 4.94. The standard InChI is InChI=1S/C17H22N4/c1-21-17(19-16(20-21)12-6-2-3-7-12)15-11-18-10-13-8-4-5-9-14(13)15/h4-5,8-9,12,15,18H,2-3,6-7,10-11H2,1H3. The first-order chi connectivity index (χ1) is 10.3. The lowest BCUT2D eigenvalue weighted by atomic mass is 9.90. The van der Waals surface area contributed by atoms with Crippen LogP contribution in [0.5, 0.6) is 0 Å². The van der Waals surface area contributed by atoms with Crippen molar-refractivity contribution >= 4 is 0 Å². The van der Waals surface area contributed by atoms with Crippen molar-refractivity contribution in [2.24, 2.45) is 7.05 Å². The van der Waals surface area contributed by atoms with E-state index in [2.05, 4.69) is 29.6 Å². The summed E-state index contributed by atoms with van der Waals surface area (Å²) in [6.45, 7) is 1.91. The minimum atomic E-state index is 0.322. The average Bonchev–Trinajstić information content (AvgIpc) is 3.16. The number of nitrogens with zero attached hydrogens (tertiary/aromatic N) is 3. The quantitative estimate of drug-likeness (QED) is 0.921. The first-order valence-corrected chi connectivity index (χ1v) is 8.02. The van der Waals surface area contributed by atoms with Crippen LogP contribution in [0.3, 0.4) is 0 Å². The van der Waals surface area contributed by atoms with Gasteiger partial charge in [-0.2, -0.15) is 5.10 Å². The van der Waals surface area contributed by atoms with Crippen molar-refractivity contribution in [1.29, 1.82) is 0 Å². The van der Waals surface area contributed by atoms with Gasteiger partial charge in [0.1, 0.15) is 5.82 Å². The third-order valence-corrected chi connectivity index (χ3v) is 4.94. The van der Waals surface area contributed by atoms with Crippen LogP contribution in [0.1, 0.15) is 60.3 Å². The molecule has 1 N–H and O–H groups in total. The van der Waals surface area contributed by atoms with Gasteiger partial charge in [0.15, 0.2) is 5.82 Å². The van der Waals surface area contributed by atoms with Gasteiger partial charge in [0.05, 0.1) is 5.92 Å². The Kier molecular flexibility index (Phi) is 3.26. The second kappa shape index (κ2) is 5.26. The Morgan fingerprint density at radius 2 is 2.00 bits per heavy atom. The summed E-state index contributed by atoms with van der Waals surface area (Å²) in [5.74, 6) is 3.07. The SMILES string of the molecule is Cn1nc(C2CCCC2)nc1C1CNCc2ccccc21. The van der Waals surface area contributed by atoms with Crippen molar-refractivity contribution in [2.45, 2.75) is 44.1 Å². The molecule has 0 spiro atoms. The summed E-state index contributed by atoms with van der Waals surface area (Å²) >= 11 is 0. The Morgan fingerprint density at radius 1 is 1.19 bits per heavy atom. The molecule has 21 heavy (non-hydrogen) atoms. The predicted molar refractivity (Wildman–Crippen MR) is 82.2 cm³/mol. The van der Waals surface area contributed by atoms with Gasteiger partial charge in [0.25, 0.3) is 0 Å². The summed E-state index contributed by atoms with van der Waals surface area (Å²) in [7, 11) is 2.04. The maximum atomic E-state index is 4.93. The Morgan fingerprint density at radius 3 is 2.86 bits per heavy atom. The zero-order valence-electron chi connectivity index (χ0n) is 12.5. The van der Waals surface area contributed by atoms with Crippen molar-refractivity contribution < 1.29 is 0 Å². The summed E-state index contributed by atoms with van der Waals surface area (Å²) in [6.07, 6.45) is 5.16. The second-order valence-corrected chi connectivity index (χ2v) is 6.32. The van der Waals surface area contributed by atoms with E-state index in [1.165, 1.54) is 36.8 Å². The van der Waals surface area contributed by atoms with Crippen LogP contribution in [-0.2, 0) is 13.6 Å². The smallest absolute Gasteiger partial charge is 0.154 e. The summed E-state index contributed by atoms with van der Waals surface area (Å²) in [5, 5.41) is 8.23. The molecular formula is C17H22N4. The van der Waals surface area contributed by atoms with Crippen LogP contribution in [0.15, 0.2) is 24.3 Å². The van der Waals surface area contributed by atoms with Gasteiger partial charge in [-0.3, -0.25) is 4.68 Å². The van der Waals surface area contributed by atoms with Crippen LogP contribution in [0, 0.1) is 0 Å². The van der Waals surface area contributed by atoms with E-state index in [-0.39, 0.29) is 0 Å². The van der Waals surface area contributed by atoms with Crippen molar-refractivity contribution in [3.63, 3.8) is 0 Å². The summed E-state index contributed by atoms with van der Waals surface area (Å²) in [5.41, 5.74) is 2.80. The maximum Gasteiger partial charge on any atom is 0.154 e. The van der Waals surface area contributed by atoms with Crippen molar-refractivity contribution in [3.8, 4) is 0 Å². The van der Waals surface area contributed by atoms with E-state index in [1.807, 2.05) is 11.7 Å². The van der Waals surface area contributed by atoms with Gasteiger partial charge in [-0.1, -0.05) is 37.1 Å². The van der Waals surface area contributed by atoms with E-state index >= 15 is 0 Å². The molecule has 1 saturated carbocycles. The summed E-state index contributed by atoms with van der Waals surface area (Å²) < 4.78 is 2.00. The molecule has 0 saturated heterocycles. The zero-order valence-corrected chi connectivity index (χ0v) is 12.5. The highest BCUT2D eigenvalue weighted by Crippen LogP contribution is 2.34. The van der Waals surface area contributed by atoms with Crippen LogP contribution < -0.4 is 5.32 Å². The maximum absolute atomic E-state index is 4.93. The summed E-state index contributed by atoms with van der Waals surface area (Å²) in [4.78, 5) is 4.93. The number of rotatable bonds is 2. The largest absolute Gasteiger partial charge is 0.312 e. The topological polar surface area (TPSA) is 42.7 Å². The number of aromatic nitrogens is 3. The van der Waals surface area contributed by atoms with Crippen molar-refractivity contribution in [1.82, 2.24) is 20.1 Å². The van der Waals surface area contributed by atoms with Gasteiger partial charge < -0.3 is 5.32 Å². The molecule has 0 radical (unpaired) electrons. The minimum Gasteiger partial charge on any atom is -0.312 e. The molecule has 110 valence electrons. The molecule has 0 bridgehead atoms. The molecule has 1 aromatic heterocycles. The van der Waals surface area contributed by atoms with Crippen molar-refractivity contribution in [3.05, 3.63) is 47.0 Å². The van der Waals surface area contributed by atoms with Crippen molar-refractivity contribution in [2.75, 3.05) is 6.54 Å². The molecule has 2 aromatic rings. The Bertz CT molecular complexity index is 640. The van der Waals surface area contributed by atoms with Crippen LogP contribution >= 0.6 is 0 Å². The first kappa shape index (κ1) is 13.0. The molecular weight excluding hydrogens is 260 g/mol. The zero-order chi connectivity index (χ0) is 14.2. The Hall–Kier alpha value is -1.68. The molecule has 4 heteroatoms. The van der Waals surface area contributed by atoms with Crippen LogP contribution in [0.4, 0.5) is 0 Å². The lowest BCUT2D eigenvalue weighted by Gasteiger charge is -2.25. The molecule has 1 aliphatic heterocycles. The fraction of sp³-hybridized carbons (Fsp3) is 0.529. The molecule has 4 nitrogen and oxygen atoms in total. The molecule has 1 unspecified atom stereocenters. The third kappa shape index (κ3) is 2.27. The van der Waals surface area contributed by atoms with Gasteiger partial charge in [0.2, 0.25) is 0 Å². The number of hydrogen-bond acceptors (Lipinski definition) is 3. The fourth-order valence-electron chi connectivity index (χ4n) is 3.80. The van der Waals surface area contributed by atoms with Gasteiger partial charge >= 0.3 is 0 Å². The normalized spacial score (nSPS) is 22.4. The Balaban J connectivity index is 1.71. The van der Waals surface area contributed by atoms with E-state index in [9.17, 15) is 0 Å². The van der Waals surface area contributed by atoms with E-state index in [0.29, 0.717) is 11.8 Å². The Labute approximate surface area is 125 Å². The first-order valence-electron chi connectivity index (χ1n) is 8.02. The molecule has 4 rings (SSSR count). The van der Waals surface area contributed by atoms with Gasteiger partial charge in [0, 0.05) is 26.1 Å². The number of aryl methyl sites for hydroxylation is 1. The van der Waals surface area contributed by atoms with Crippen LogP contribution in [-0.4, -0.2) is 21.3 Å². The lowest BCUT2D eigenvalue weighted by Crippen LogP contribution is -2.30. The molecule has 1 aliphatic carbocycles. The van der Waals surface area contributed by atoms with E-state index < -0.39 is 0 Å². The lowest BCUT2D eigenvalue weighted by molar-refractivity contribution is 0.548. The average molecular weight is 282 g/mol. The van der Waals surface area contributed by atoms with Gasteiger partial charge in [-0.15, -0.1) is 0 Å². The van der Waals surface area contributed by atoms with Crippen LogP contribution in [0.2, 0.25) is 0 Å². The predicted octanol–water partition coefficient (Wildman–Crippen LogP) is 2.71. The molecule has 2 heterocycles. The molecule has 0 amide bonds. The van der Waals surface area contributed by atoms with E-state index in [1.54, 1.807) is 0 Å². The van der Waals surface area contributed by atoms with Gasteiger partial charge in [-0.25, -0.2) is 4.98 Å². The summed E-state index contributed by atoms with van der Waals surface area (Å²) in [6, 6.07) is 8.70.